The second-order valence-electron chi connectivity index (χ2n) is 13.2. The first-order valence-electron chi connectivity index (χ1n) is 20.0. The molecule has 0 aliphatic rings. The molecule has 8 rings (SSSR count). The first kappa shape index (κ1) is 47.4. The van der Waals surface area contributed by atoms with Gasteiger partial charge in [-0.2, -0.15) is 28.7 Å². The van der Waals surface area contributed by atoms with Gasteiger partial charge in [-0.25, -0.2) is 0 Å². The maximum absolute atomic E-state index is 4.63. The summed E-state index contributed by atoms with van der Waals surface area (Å²) in [6.07, 6.45) is 26.1. The minimum atomic E-state index is -0.662. The van der Waals surface area contributed by atoms with Gasteiger partial charge in [0.25, 0.3) is 0 Å². The fraction of sp³-hybridized carbons (Fsp3) is 0.125. The standard InChI is InChI=1S/2C24H23N4P2.Au.ClH/c2*1-5-15-25-21(11-1)29(22-12-2-6-16-26-22)19-9-10-20-30(23-13-3-7-17-27-23)24-14-4-8-18-28-24;;/h2*1-8,11-19H,9-10,20H2;;1H/q2*-1;+1;/p-1. The van der Waals surface area contributed by atoms with Crippen LogP contribution in [0.4, 0.5) is 0 Å². The molecule has 0 unspecified atom stereocenters. The van der Waals surface area contributed by atoms with E-state index in [1.54, 1.807) is 20.0 Å². The van der Waals surface area contributed by atoms with E-state index in [2.05, 4.69) is 158 Å². The average Bonchev–Trinajstić information content (AvgIpc) is 3.37. The zero-order chi connectivity index (χ0) is 42.9. The van der Waals surface area contributed by atoms with Gasteiger partial charge in [0.1, 0.15) is 0 Å². The minimum absolute atomic E-state index is 0.557. The zero-order valence-electron chi connectivity index (χ0n) is 33.9. The molecule has 318 valence electrons. The Balaban J connectivity index is 0.000000199. The summed E-state index contributed by atoms with van der Waals surface area (Å²) in [6, 6.07) is 49.1. The van der Waals surface area contributed by atoms with Gasteiger partial charge in [0.05, 0.1) is 21.7 Å². The summed E-state index contributed by atoms with van der Waals surface area (Å²) in [5.41, 5.74) is 8.97. The van der Waals surface area contributed by atoms with Gasteiger partial charge in [0, 0.05) is 71.3 Å². The predicted octanol–water partition coefficient (Wildman–Crippen LogP) is 8.24. The van der Waals surface area contributed by atoms with Crippen molar-refractivity contribution in [1.29, 1.82) is 0 Å². The molecule has 0 saturated carbocycles. The van der Waals surface area contributed by atoms with Crippen LogP contribution in [0.25, 0.3) is 0 Å². The SMILES string of the molecule is [Cl][Au].c1ccc(P([CH-]CCCP(c2ccccn2)c2ccccn2)c2ccccn2)nc1.c1ccc(P([CH-]CCCP(c2ccccn2)c2ccccn2)c2ccccn2)nc1. The number of rotatable bonds is 18. The van der Waals surface area contributed by atoms with Gasteiger partial charge in [-0.3, -0.25) is 52.2 Å². The van der Waals surface area contributed by atoms with Gasteiger partial charge in [-0.15, -0.1) is 0 Å². The van der Waals surface area contributed by atoms with Crippen LogP contribution in [0.5, 0.6) is 0 Å². The maximum atomic E-state index is 4.63. The summed E-state index contributed by atoms with van der Waals surface area (Å²) in [6.45, 7) is 0. The molecule has 0 saturated heterocycles. The van der Waals surface area contributed by atoms with Gasteiger partial charge in [-0.05, 0) is 125 Å². The summed E-state index contributed by atoms with van der Waals surface area (Å²) in [7, 11) is 2.15. The fourth-order valence-electron chi connectivity index (χ4n) is 6.28. The van der Waals surface area contributed by atoms with Crippen molar-refractivity contribution in [3.05, 3.63) is 207 Å². The summed E-state index contributed by atoms with van der Waals surface area (Å²) in [5.74, 6) is 0. The first-order chi connectivity index (χ1) is 30.8. The van der Waals surface area contributed by atoms with Crippen molar-refractivity contribution >= 4 is 84.4 Å². The molecule has 8 heterocycles. The van der Waals surface area contributed by atoms with Crippen molar-refractivity contribution < 1.29 is 20.0 Å². The van der Waals surface area contributed by atoms with E-state index in [0.29, 0.717) is 0 Å². The molecule has 0 aliphatic heterocycles. The molecule has 0 radical (unpaired) electrons. The van der Waals surface area contributed by atoms with Crippen LogP contribution in [-0.2, 0) is 20.0 Å². The molecular weight excluding hydrogens is 1040 g/mol. The van der Waals surface area contributed by atoms with Crippen LogP contribution < -0.4 is 43.5 Å². The van der Waals surface area contributed by atoms with Crippen LogP contribution in [0.1, 0.15) is 25.7 Å². The van der Waals surface area contributed by atoms with Gasteiger partial charge in [0.2, 0.25) is 0 Å². The van der Waals surface area contributed by atoms with E-state index in [-0.39, 0.29) is 0 Å². The van der Waals surface area contributed by atoms with E-state index in [1.165, 1.54) is 0 Å². The van der Waals surface area contributed by atoms with Gasteiger partial charge in [0.15, 0.2) is 0 Å². The Morgan fingerprint density at radius 1 is 0.323 bits per heavy atom. The molecule has 62 heavy (non-hydrogen) atoms. The topological polar surface area (TPSA) is 103 Å². The number of unbranched alkanes of at least 4 members (excludes halogenated alkanes) is 2. The molecule has 8 aromatic heterocycles. The number of nitrogens with zero attached hydrogens (tertiary/aromatic N) is 8. The Hall–Kier alpha value is -4.05. The largest absolute Gasteiger partial charge is 0.291 e. The Morgan fingerprint density at radius 2 is 0.532 bits per heavy atom. The summed E-state index contributed by atoms with van der Waals surface area (Å²) in [4.78, 5) is 36.9. The molecule has 0 bridgehead atoms. The molecule has 0 fully saturated rings. The third-order valence-electron chi connectivity index (χ3n) is 9.08. The van der Waals surface area contributed by atoms with Crippen molar-refractivity contribution in [1.82, 2.24) is 39.9 Å². The van der Waals surface area contributed by atoms with Crippen LogP contribution in [0.3, 0.4) is 0 Å². The Morgan fingerprint density at radius 3 is 0.726 bits per heavy atom. The van der Waals surface area contributed by atoms with Crippen molar-refractivity contribution in [3.8, 4) is 0 Å². The molecule has 14 heteroatoms. The molecule has 0 N–H and O–H groups in total. The van der Waals surface area contributed by atoms with E-state index in [9.17, 15) is 0 Å². The second-order valence-corrected chi connectivity index (χ2v) is 21.7. The van der Waals surface area contributed by atoms with Crippen LogP contribution in [0.2, 0.25) is 0 Å². The smallest absolute Gasteiger partial charge is 0.0692 e. The number of halogens is 1. The first-order valence-corrected chi connectivity index (χ1v) is 28.6. The van der Waals surface area contributed by atoms with Crippen LogP contribution in [0.15, 0.2) is 195 Å². The van der Waals surface area contributed by atoms with Gasteiger partial charge < -0.3 is 0 Å². The normalized spacial score (nSPS) is 10.9. The molecule has 8 nitrogen and oxygen atoms in total. The van der Waals surface area contributed by atoms with Gasteiger partial charge in [-0.1, -0.05) is 61.4 Å². The molecule has 0 amide bonds. The molecule has 8 aromatic rings. The van der Waals surface area contributed by atoms with Crippen molar-refractivity contribution in [2.75, 3.05) is 12.3 Å². The number of aromatic nitrogens is 8. The van der Waals surface area contributed by atoms with Crippen LogP contribution >= 0.6 is 40.9 Å². The van der Waals surface area contributed by atoms with Crippen LogP contribution in [-0.4, -0.2) is 52.2 Å². The molecule has 0 spiro atoms. The fourth-order valence-corrected chi connectivity index (χ4v) is 14.4. The van der Waals surface area contributed by atoms with E-state index >= 15 is 0 Å². The number of hydrogen-bond acceptors (Lipinski definition) is 8. The minimum Gasteiger partial charge on any atom is -0.291 e. The van der Waals surface area contributed by atoms with E-state index < -0.39 is 31.7 Å². The summed E-state index contributed by atoms with van der Waals surface area (Å²) < 4.78 is 0. The van der Waals surface area contributed by atoms with Gasteiger partial charge >= 0.3 is 29.2 Å². The number of pyridine rings is 8. The summed E-state index contributed by atoms with van der Waals surface area (Å²) >= 11 is 1.75. The zero-order valence-corrected chi connectivity index (χ0v) is 40.4. The molecule has 0 aromatic carbocycles. The van der Waals surface area contributed by atoms with Crippen molar-refractivity contribution in [2.24, 2.45) is 0 Å². The monoisotopic (exact) mass is 1090 g/mol. The van der Waals surface area contributed by atoms with E-state index in [4.69, 9.17) is 0 Å². The second kappa shape index (κ2) is 27.9. The third kappa shape index (κ3) is 15.1. The van der Waals surface area contributed by atoms with Crippen LogP contribution in [0, 0.1) is 12.3 Å². The summed E-state index contributed by atoms with van der Waals surface area (Å²) in [5, 5.41) is 0. The van der Waals surface area contributed by atoms with E-state index in [1.807, 2.05) is 98.1 Å². The van der Waals surface area contributed by atoms with Crippen molar-refractivity contribution in [2.45, 2.75) is 25.7 Å². The Labute approximate surface area is 387 Å². The maximum Gasteiger partial charge on any atom is 0.0692 e. The molecule has 0 aliphatic carbocycles. The predicted molar refractivity (Wildman–Crippen MR) is 261 cm³/mol. The molecule has 0 atom stereocenters. The Kier molecular flexibility index (Phi) is 21.3. The molecular formula is C48H46AuClN8P4-2. The Bertz CT molecular complexity index is 1860. The quantitative estimate of drug-likeness (QED) is 0.0367. The van der Waals surface area contributed by atoms with E-state index in [0.717, 1.165) is 81.5 Å². The average molecular weight is 1090 g/mol. The van der Waals surface area contributed by atoms with Crippen molar-refractivity contribution in [3.63, 3.8) is 0 Å². The number of hydrogen-bond donors (Lipinski definition) is 0. The third-order valence-corrected chi connectivity index (χ3v) is 18.2.